The Morgan fingerprint density at radius 2 is 2.21 bits per heavy atom. The van der Waals surface area contributed by atoms with E-state index in [4.69, 9.17) is 9.15 Å². The molecular weight excluding hydrogens is 302 g/mol. The van der Waals surface area contributed by atoms with Crippen molar-refractivity contribution in [3.8, 4) is 5.75 Å². The van der Waals surface area contributed by atoms with E-state index in [0.29, 0.717) is 18.6 Å². The van der Waals surface area contributed by atoms with E-state index in [1.807, 2.05) is 54.6 Å². The molecule has 0 amide bonds. The molecule has 0 atom stereocenters. The van der Waals surface area contributed by atoms with Crippen molar-refractivity contribution in [2.24, 2.45) is 4.99 Å². The molecule has 4 heteroatoms. The monoisotopic (exact) mass is 321 g/mol. The number of nitrogens with zero attached hydrogens (tertiary/aromatic N) is 1. The summed E-state index contributed by atoms with van der Waals surface area (Å²) < 4.78 is 10.7. The molecule has 24 heavy (non-hydrogen) atoms. The summed E-state index contributed by atoms with van der Waals surface area (Å²) in [5.74, 6) is 1.66. The second-order valence-electron chi connectivity index (χ2n) is 5.45. The fraction of sp³-hybridized carbons (Fsp3) is 0.200. The molecule has 1 aliphatic heterocycles. The number of carbonyl (C=O) groups excluding carboxylic acids is 1. The zero-order chi connectivity index (χ0) is 16.8. The summed E-state index contributed by atoms with van der Waals surface area (Å²) in [6.07, 6.45) is 10.2. The number of furan rings is 1. The smallest absolute Gasteiger partial charge is 0.166 e. The molecule has 0 saturated heterocycles. The Kier molecular flexibility index (Phi) is 5.06. The van der Waals surface area contributed by atoms with Crippen molar-refractivity contribution in [1.29, 1.82) is 0 Å². The first-order valence-corrected chi connectivity index (χ1v) is 7.90. The number of hydrogen-bond acceptors (Lipinski definition) is 4. The number of aliphatic imine (C=N–C) groups is 1. The van der Waals surface area contributed by atoms with Crippen molar-refractivity contribution < 1.29 is 13.9 Å². The molecule has 1 aliphatic rings. The average molecular weight is 321 g/mol. The number of allylic oxidation sites excluding steroid dienone is 3. The molecule has 0 fully saturated rings. The molecule has 0 spiro atoms. The van der Waals surface area contributed by atoms with Crippen LogP contribution in [0.4, 0.5) is 0 Å². The van der Waals surface area contributed by atoms with Crippen molar-refractivity contribution in [1.82, 2.24) is 0 Å². The third kappa shape index (κ3) is 3.90. The molecule has 0 radical (unpaired) electrons. The normalized spacial score (nSPS) is 14.3. The molecule has 122 valence electrons. The number of Topliss-reactive ketones (excluding diaryl/α,β-unsaturated/α-hetero) is 1. The van der Waals surface area contributed by atoms with Crippen LogP contribution >= 0.6 is 0 Å². The van der Waals surface area contributed by atoms with Gasteiger partial charge in [0, 0.05) is 25.5 Å². The Labute approximate surface area is 141 Å². The highest BCUT2D eigenvalue weighted by atomic mass is 16.5. The highest BCUT2D eigenvalue weighted by molar-refractivity contribution is 6.07. The number of ketones is 1. The summed E-state index contributed by atoms with van der Waals surface area (Å²) in [6.45, 7) is 0.700. The zero-order valence-electron chi connectivity index (χ0n) is 13.6. The minimum absolute atomic E-state index is 0.0648. The van der Waals surface area contributed by atoms with Gasteiger partial charge in [0.2, 0.25) is 0 Å². The minimum atomic E-state index is 0.0648. The van der Waals surface area contributed by atoms with Crippen molar-refractivity contribution in [3.05, 3.63) is 71.7 Å². The van der Waals surface area contributed by atoms with Gasteiger partial charge in [-0.15, -0.1) is 0 Å². The van der Waals surface area contributed by atoms with Gasteiger partial charge in [-0.2, -0.15) is 0 Å². The van der Waals surface area contributed by atoms with E-state index in [-0.39, 0.29) is 5.78 Å². The topological polar surface area (TPSA) is 51.8 Å². The lowest BCUT2D eigenvalue weighted by Gasteiger charge is -2.02. The Morgan fingerprint density at radius 1 is 1.29 bits per heavy atom. The largest absolute Gasteiger partial charge is 0.493 e. The quantitative estimate of drug-likeness (QED) is 0.594. The highest BCUT2D eigenvalue weighted by Crippen LogP contribution is 2.26. The van der Waals surface area contributed by atoms with Crippen LogP contribution in [0.5, 0.6) is 5.75 Å². The van der Waals surface area contributed by atoms with Gasteiger partial charge in [0.15, 0.2) is 5.78 Å². The third-order valence-corrected chi connectivity index (χ3v) is 3.83. The fourth-order valence-electron chi connectivity index (χ4n) is 2.50. The zero-order valence-corrected chi connectivity index (χ0v) is 13.6. The molecule has 0 aliphatic carbocycles. The van der Waals surface area contributed by atoms with Gasteiger partial charge in [0.05, 0.1) is 18.6 Å². The van der Waals surface area contributed by atoms with E-state index in [1.165, 1.54) is 5.56 Å². The van der Waals surface area contributed by atoms with Crippen molar-refractivity contribution in [2.45, 2.75) is 12.8 Å². The maximum absolute atomic E-state index is 12.3. The number of rotatable bonds is 6. The van der Waals surface area contributed by atoms with Crippen LogP contribution in [0.15, 0.2) is 64.2 Å². The van der Waals surface area contributed by atoms with E-state index < -0.39 is 0 Å². The number of fused-ring (bicyclic) bond motifs is 1. The molecule has 0 N–H and O–H groups in total. The van der Waals surface area contributed by atoms with Crippen LogP contribution < -0.4 is 4.74 Å². The number of ether oxygens (including phenoxy) is 1. The van der Waals surface area contributed by atoms with Crippen LogP contribution in [0.3, 0.4) is 0 Å². The van der Waals surface area contributed by atoms with Gasteiger partial charge in [-0.25, -0.2) is 0 Å². The van der Waals surface area contributed by atoms with Gasteiger partial charge in [-0.1, -0.05) is 18.2 Å². The average Bonchev–Trinajstić information content (AvgIpc) is 3.28. The second-order valence-corrected chi connectivity index (χ2v) is 5.45. The number of benzene rings is 1. The van der Waals surface area contributed by atoms with E-state index >= 15 is 0 Å². The minimum Gasteiger partial charge on any atom is -0.493 e. The van der Waals surface area contributed by atoms with Crippen LogP contribution in [-0.4, -0.2) is 25.1 Å². The van der Waals surface area contributed by atoms with Gasteiger partial charge < -0.3 is 9.15 Å². The molecule has 3 rings (SSSR count). The molecular formula is C20H19NO3. The van der Waals surface area contributed by atoms with E-state index in [2.05, 4.69) is 4.99 Å². The first-order chi connectivity index (χ1) is 11.8. The fourth-order valence-corrected chi connectivity index (χ4v) is 2.50. The summed E-state index contributed by atoms with van der Waals surface area (Å²) in [5, 5.41) is 0. The van der Waals surface area contributed by atoms with E-state index in [9.17, 15) is 4.79 Å². The Bertz CT molecular complexity index is 798. The lowest BCUT2D eigenvalue weighted by Crippen LogP contribution is -1.98. The third-order valence-electron chi connectivity index (χ3n) is 3.83. The summed E-state index contributed by atoms with van der Waals surface area (Å²) in [7, 11) is 1.71. The first-order valence-electron chi connectivity index (χ1n) is 7.90. The molecule has 0 bridgehead atoms. The number of carbonyl (C=O) groups is 1. The standard InChI is InChI=1S/C20H19NO3/c1-21-17(9-10-18-5-3-12-23-18)4-2-6-19(22)16-8-7-15-11-13-24-20(15)14-16/h2-5,7-10,12,14H,6,11,13H2,1H3/b4-2-,10-9+,21-17?. The molecule has 2 aromatic rings. The maximum Gasteiger partial charge on any atom is 0.166 e. The van der Waals surface area contributed by atoms with Gasteiger partial charge in [-0.3, -0.25) is 9.79 Å². The summed E-state index contributed by atoms with van der Waals surface area (Å²) >= 11 is 0. The van der Waals surface area contributed by atoms with Crippen molar-refractivity contribution >= 4 is 17.6 Å². The van der Waals surface area contributed by atoms with Crippen LogP contribution in [0, 0.1) is 0 Å². The molecule has 1 aromatic heterocycles. The van der Waals surface area contributed by atoms with Gasteiger partial charge in [0.1, 0.15) is 11.5 Å². The lowest BCUT2D eigenvalue weighted by atomic mass is 10.0. The van der Waals surface area contributed by atoms with E-state index in [1.54, 1.807) is 13.3 Å². The molecule has 4 nitrogen and oxygen atoms in total. The molecule has 2 heterocycles. The molecule has 1 aromatic carbocycles. The predicted octanol–water partition coefficient (Wildman–Crippen LogP) is 4.13. The van der Waals surface area contributed by atoms with Gasteiger partial charge >= 0.3 is 0 Å². The lowest BCUT2D eigenvalue weighted by molar-refractivity contribution is 0.0995. The predicted molar refractivity (Wildman–Crippen MR) is 94.8 cm³/mol. The van der Waals surface area contributed by atoms with Gasteiger partial charge in [0.25, 0.3) is 0 Å². The van der Waals surface area contributed by atoms with Crippen molar-refractivity contribution in [3.63, 3.8) is 0 Å². The van der Waals surface area contributed by atoms with Gasteiger partial charge in [-0.05, 0) is 42.0 Å². The Balaban J connectivity index is 1.59. The SMILES string of the molecule is CN=C(/C=C\CC(=O)c1ccc2c(c1)OCC2)/C=C/c1ccco1. The molecule has 0 saturated carbocycles. The number of hydrogen-bond donors (Lipinski definition) is 0. The van der Waals surface area contributed by atoms with Crippen LogP contribution in [0.1, 0.15) is 28.1 Å². The van der Waals surface area contributed by atoms with Crippen molar-refractivity contribution in [2.75, 3.05) is 13.7 Å². The summed E-state index contributed by atoms with van der Waals surface area (Å²) in [6, 6.07) is 9.38. The molecule has 0 unspecified atom stereocenters. The maximum atomic E-state index is 12.3. The van der Waals surface area contributed by atoms with Crippen LogP contribution in [0.25, 0.3) is 6.08 Å². The first kappa shape index (κ1) is 16.0. The summed E-state index contributed by atoms with van der Waals surface area (Å²) in [4.78, 5) is 16.5. The Morgan fingerprint density at radius 3 is 3.00 bits per heavy atom. The Hall–Kier alpha value is -2.88. The second kappa shape index (κ2) is 7.59. The van der Waals surface area contributed by atoms with Crippen LogP contribution in [-0.2, 0) is 6.42 Å². The van der Waals surface area contributed by atoms with E-state index in [0.717, 1.165) is 23.6 Å². The summed E-state index contributed by atoms with van der Waals surface area (Å²) in [5.41, 5.74) is 2.63. The van der Waals surface area contributed by atoms with Crippen LogP contribution in [0.2, 0.25) is 0 Å². The highest BCUT2D eigenvalue weighted by Gasteiger charge is 2.14.